The largest absolute Gasteiger partial charge is 0.411 e. The first kappa shape index (κ1) is 18.3. The SMILES string of the molecule is CC(C)(C)c1[nH]ncc1CNC1CCC(OCC(F)(F)F)CC1. The molecule has 1 aliphatic carbocycles. The molecule has 1 aromatic rings. The minimum Gasteiger partial charge on any atom is -0.369 e. The van der Waals surface area contributed by atoms with E-state index in [2.05, 4.69) is 36.3 Å². The van der Waals surface area contributed by atoms with Gasteiger partial charge in [0, 0.05) is 29.3 Å². The molecule has 0 atom stereocenters. The summed E-state index contributed by atoms with van der Waals surface area (Å²) in [4.78, 5) is 0. The summed E-state index contributed by atoms with van der Waals surface area (Å²) in [5.74, 6) is 0. The minimum absolute atomic E-state index is 0.0105. The Morgan fingerprint density at radius 3 is 2.43 bits per heavy atom. The highest BCUT2D eigenvalue weighted by Crippen LogP contribution is 2.26. The third kappa shape index (κ3) is 5.80. The van der Waals surface area contributed by atoms with Crippen molar-refractivity contribution in [2.45, 2.75) is 76.7 Å². The van der Waals surface area contributed by atoms with Crippen LogP contribution in [-0.4, -0.2) is 35.1 Å². The molecule has 1 saturated carbocycles. The molecule has 0 aromatic carbocycles. The molecule has 0 spiro atoms. The number of halogens is 3. The van der Waals surface area contributed by atoms with Gasteiger partial charge in [0.25, 0.3) is 0 Å². The van der Waals surface area contributed by atoms with Crippen LogP contribution in [0.2, 0.25) is 0 Å². The Hall–Kier alpha value is -1.08. The molecule has 132 valence electrons. The molecule has 0 radical (unpaired) electrons. The third-order valence-corrected chi connectivity index (χ3v) is 4.21. The smallest absolute Gasteiger partial charge is 0.369 e. The second kappa shape index (κ2) is 7.21. The van der Waals surface area contributed by atoms with Crippen LogP contribution >= 0.6 is 0 Å². The van der Waals surface area contributed by atoms with Gasteiger partial charge in [0.1, 0.15) is 6.61 Å². The quantitative estimate of drug-likeness (QED) is 0.864. The molecule has 23 heavy (non-hydrogen) atoms. The fraction of sp³-hybridized carbons (Fsp3) is 0.812. The Morgan fingerprint density at radius 1 is 1.22 bits per heavy atom. The molecule has 0 saturated heterocycles. The summed E-state index contributed by atoms with van der Waals surface area (Å²) in [6, 6.07) is 0.323. The molecule has 1 aliphatic rings. The van der Waals surface area contributed by atoms with Crippen molar-refractivity contribution in [3.8, 4) is 0 Å². The zero-order valence-corrected chi connectivity index (χ0v) is 14.0. The van der Waals surface area contributed by atoms with Crippen molar-refractivity contribution >= 4 is 0 Å². The Bertz CT molecular complexity index is 485. The van der Waals surface area contributed by atoms with Crippen LogP contribution in [0.1, 0.15) is 57.7 Å². The Labute approximate surface area is 135 Å². The van der Waals surface area contributed by atoms with Crippen molar-refractivity contribution < 1.29 is 17.9 Å². The van der Waals surface area contributed by atoms with E-state index in [1.54, 1.807) is 0 Å². The van der Waals surface area contributed by atoms with Crippen LogP contribution in [0, 0.1) is 0 Å². The van der Waals surface area contributed by atoms with Crippen LogP contribution in [0.15, 0.2) is 6.20 Å². The van der Waals surface area contributed by atoms with Gasteiger partial charge < -0.3 is 10.1 Å². The molecule has 1 aromatic heterocycles. The normalized spacial score (nSPS) is 23.2. The van der Waals surface area contributed by atoms with E-state index >= 15 is 0 Å². The fourth-order valence-electron chi connectivity index (χ4n) is 2.99. The molecule has 2 N–H and O–H groups in total. The summed E-state index contributed by atoms with van der Waals surface area (Å²) in [5.41, 5.74) is 2.27. The highest BCUT2D eigenvalue weighted by atomic mass is 19.4. The van der Waals surface area contributed by atoms with Crippen LogP contribution in [0.5, 0.6) is 0 Å². The molecule has 0 amide bonds. The van der Waals surface area contributed by atoms with Gasteiger partial charge in [-0.05, 0) is 25.7 Å². The minimum atomic E-state index is -4.24. The summed E-state index contributed by atoms with van der Waals surface area (Å²) in [7, 11) is 0. The molecule has 2 rings (SSSR count). The molecule has 7 heteroatoms. The second-order valence-corrected chi connectivity index (χ2v) is 7.30. The second-order valence-electron chi connectivity index (χ2n) is 7.30. The van der Waals surface area contributed by atoms with Gasteiger partial charge in [0.2, 0.25) is 0 Å². The molecular weight excluding hydrogens is 307 g/mol. The lowest BCUT2D eigenvalue weighted by atomic mass is 9.89. The van der Waals surface area contributed by atoms with Crippen molar-refractivity contribution in [2.24, 2.45) is 0 Å². The van der Waals surface area contributed by atoms with Crippen LogP contribution in [0.25, 0.3) is 0 Å². The lowest BCUT2D eigenvalue weighted by Gasteiger charge is -2.29. The number of nitrogens with one attached hydrogen (secondary N) is 2. The summed E-state index contributed by atoms with van der Waals surface area (Å²) in [6.07, 6.45) is 0.354. The Kier molecular flexibility index (Phi) is 5.73. The maximum atomic E-state index is 12.2. The van der Waals surface area contributed by atoms with E-state index in [0.717, 1.165) is 30.6 Å². The Morgan fingerprint density at radius 2 is 1.87 bits per heavy atom. The first-order valence-corrected chi connectivity index (χ1v) is 8.09. The van der Waals surface area contributed by atoms with Crippen molar-refractivity contribution in [3.63, 3.8) is 0 Å². The van der Waals surface area contributed by atoms with Gasteiger partial charge in [-0.25, -0.2) is 0 Å². The maximum Gasteiger partial charge on any atom is 0.411 e. The number of H-pyrrole nitrogens is 1. The van der Waals surface area contributed by atoms with E-state index in [4.69, 9.17) is 4.74 Å². The average Bonchev–Trinajstić information content (AvgIpc) is 2.92. The Balaban J connectivity index is 1.74. The molecule has 4 nitrogen and oxygen atoms in total. The topological polar surface area (TPSA) is 49.9 Å². The zero-order valence-electron chi connectivity index (χ0n) is 14.0. The van der Waals surface area contributed by atoms with Gasteiger partial charge in [-0.2, -0.15) is 18.3 Å². The van der Waals surface area contributed by atoms with Crippen molar-refractivity contribution in [1.82, 2.24) is 15.5 Å². The van der Waals surface area contributed by atoms with Gasteiger partial charge in [0.15, 0.2) is 0 Å². The van der Waals surface area contributed by atoms with E-state index in [9.17, 15) is 13.2 Å². The third-order valence-electron chi connectivity index (χ3n) is 4.21. The number of nitrogens with zero attached hydrogens (tertiary/aromatic N) is 1. The molecule has 1 heterocycles. The van der Waals surface area contributed by atoms with Gasteiger partial charge in [0.05, 0.1) is 12.3 Å². The van der Waals surface area contributed by atoms with E-state index < -0.39 is 12.8 Å². The van der Waals surface area contributed by atoms with Gasteiger partial charge >= 0.3 is 6.18 Å². The number of hydrogen-bond donors (Lipinski definition) is 2. The van der Waals surface area contributed by atoms with Gasteiger partial charge in [-0.15, -0.1) is 0 Å². The number of alkyl halides is 3. The van der Waals surface area contributed by atoms with E-state index in [1.807, 2.05) is 6.20 Å². The number of aromatic amines is 1. The first-order valence-electron chi connectivity index (χ1n) is 8.09. The summed E-state index contributed by atoms with van der Waals surface area (Å²) in [6.45, 7) is 5.98. The van der Waals surface area contributed by atoms with Crippen molar-refractivity contribution in [3.05, 3.63) is 17.5 Å². The van der Waals surface area contributed by atoms with Crippen LogP contribution in [-0.2, 0) is 16.7 Å². The van der Waals surface area contributed by atoms with Crippen LogP contribution in [0.4, 0.5) is 13.2 Å². The average molecular weight is 333 g/mol. The lowest BCUT2D eigenvalue weighted by Crippen LogP contribution is -2.36. The number of aromatic nitrogens is 2. The first-order chi connectivity index (χ1) is 10.6. The summed E-state index contributed by atoms with van der Waals surface area (Å²) >= 11 is 0. The van der Waals surface area contributed by atoms with E-state index in [1.165, 1.54) is 0 Å². The highest BCUT2D eigenvalue weighted by molar-refractivity contribution is 5.23. The summed E-state index contributed by atoms with van der Waals surface area (Å²) in [5, 5.41) is 10.7. The predicted octanol–water partition coefficient (Wildman–Crippen LogP) is 3.69. The molecule has 0 unspecified atom stereocenters. The number of rotatable bonds is 5. The highest BCUT2D eigenvalue weighted by Gasteiger charge is 2.31. The molecule has 0 aliphatic heterocycles. The van der Waals surface area contributed by atoms with E-state index in [-0.39, 0.29) is 11.5 Å². The lowest BCUT2D eigenvalue weighted by molar-refractivity contribution is -0.188. The molecular formula is C16H26F3N3O. The predicted molar refractivity (Wildman–Crippen MR) is 82.2 cm³/mol. The van der Waals surface area contributed by atoms with Crippen molar-refractivity contribution in [2.75, 3.05) is 6.61 Å². The summed E-state index contributed by atoms with van der Waals surface area (Å²) < 4.78 is 41.4. The van der Waals surface area contributed by atoms with Gasteiger partial charge in [-0.3, -0.25) is 5.10 Å². The monoisotopic (exact) mass is 333 g/mol. The standard InChI is InChI=1S/C16H26F3N3O/c1-15(2,3)14-11(9-21-22-14)8-20-12-4-6-13(7-5-12)23-10-16(17,18)19/h9,12-13,20H,4-8,10H2,1-3H3,(H,21,22). The maximum absolute atomic E-state index is 12.2. The molecule has 0 bridgehead atoms. The van der Waals surface area contributed by atoms with E-state index in [0.29, 0.717) is 18.9 Å². The fourth-order valence-corrected chi connectivity index (χ4v) is 2.99. The number of hydrogen-bond acceptors (Lipinski definition) is 3. The van der Waals surface area contributed by atoms with Crippen molar-refractivity contribution in [1.29, 1.82) is 0 Å². The van der Waals surface area contributed by atoms with Crippen LogP contribution in [0.3, 0.4) is 0 Å². The van der Waals surface area contributed by atoms with Crippen LogP contribution < -0.4 is 5.32 Å². The molecule has 1 fully saturated rings. The number of ether oxygens (including phenoxy) is 1. The van der Waals surface area contributed by atoms with Gasteiger partial charge in [-0.1, -0.05) is 20.8 Å². The zero-order chi connectivity index (χ0) is 17.1.